The number of carbonyl (C=O) groups excluding carboxylic acids is 1. The van der Waals surface area contributed by atoms with Gasteiger partial charge in [0.1, 0.15) is 5.56 Å². The Bertz CT molecular complexity index is 634. The lowest BCUT2D eigenvalue weighted by Crippen LogP contribution is -2.51. The van der Waals surface area contributed by atoms with E-state index in [0.29, 0.717) is 19.8 Å². The molecule has 0 unspecified atom stereocenters. The number of hydrogen-bond acceptors (Lipinski definition) is 4. The van der Waals surface area contributed by atoms with Crippen LogP contribution in [-0.2, 0) is 11.3 Å². The van der Waals surface area contributed by atoms with Crippen LogP contribution in [0, 0.1) is 6.92 Å². The Balaban J connectivity index is 1.75. The maximum absolute atomic E-state index is 12.6. The minimum absolute atomic E-state index is 0.0450. The first-order valence-corrected chi connectivity index (χ1v) is 8.45. The van der Waals surface area contributed by atoms with Crippen LogP contribution in [-0.4, -0.2) is 53.8 Å². The Morgan fingerprint density at radius 3 is 2.74 bits per heavy atom. The summed E-state index contributed by atoms with van der Waals surface area (Å²) in [6, 6.07) is 3.62. The molecule has 0 aliphatic carbocycles. The molecule has 1 aromatic rings. The summed E-state index contributed by atoms with van der Waals surface area (Å²) in [4.78, 5) is 27.4. The first kappa shape index (κ1) is 16.2. The average Bonchev–Trinajstić information content (AvgIpc) is 3.18. The summed E-state index contributed by atoms with van der Waals surface area (Å²) in [5, 5.41) is 3.01. The Morgan fingerprint density at radius 2 is 2.04 bits per heavy atom. The smallest absolute Gasteiger partial charge is 0.263 e. The van der Waals surface area contributed by atoms with Crippen LogP contribution in [0.4, 0.5) is 0 Å². The second kappa shape index (κ2) is 6.84. The van der Waals surface area contributed by atoms with Crippen molar-refractivity contribution in [2.24, 2.45) is 0 Å². The van der Waals surface area contributed by atoms with Crippen molar-refractivity contribution in [1.29, 1.82) is 0 Å². The van der Waals surface area contributed by atoms with Gasteiger partial charge in [0.05, 0.1) is 25.3 Å². The van der Waals surface area contributed by atoms with E-state index in [1.807, 2.05) is 19.9 Å². The molecule has 1 N–H and O–H groups in total. The molecule has 0 radical (unpaired) electrons. The van der Waals surface area contributed by atoms with E-state index in [4.69, 9.17) is 4.74 Å². The lowest BCUT2D eigenvalue weighted by Gasteiger charge is -2.27. The van der Waals surface area contributed by atoms with Gasteiger partial charge in [-0.2, -0.15) is 0 Å². The van der Waals surface area contributed by atoms with Gasteiger partial charge in [0.15, 0.2) is 0 Å². The van der Waals surface area contributed by atoms with Crippen molar-refractivity contribution in [3.05, 3.63) is 33.7 Å². The normalized spacial score (nSPS) is 25.0. The van der Waals surface area contributed by atoms with Crippen LogP contribution >= 0.6 is 0 Å². The number of carbonyl (C=O) groups is 1. The highest BCUT2D eigenvalue weighted by molar-refractivity contribution is 5.94. The van der Waals surface area contributed by atoms with Crippen molar-refractivity contribution in [2.75, 3.05) is 26.3 Å². The molecule has 1 amide bonds. The molecular weight excluding hydrogens is 294 g/mol. The molecule has 1 aromatic heterocycles. The minimum Gasteiger partial charge on any atom is -0.378 e. The zero-order valence-electron chi connectivity index (χ0n) is 13.9. The molecule has 6 nitrogen and oxygen atoms in total. The van der Waals surface area contributed by atoms with Crippen LogP contribution in [0.15, 0.2) is 16.9 Å². The molecule has 2 atom stereocenters. The monoisotopic (exact) mass is 319 g/mol. The summed E-state index contributed by atoms with van der Waals surface area (Å²) < 4.78 is 7.20. The highest BCUT2D eigenvalue weighted by Crippen LogP contribution is 2.19. The maximum Gasteiger partial charge on any atom is 0.263 e. The van der Waals surface area contributed by atoms with Crippen LogP contribution in [0.5, 0.6) is 0 Å². The van der Waals surface area contributed by atoms with Crippen LogP contribution in [0.25, 0.3) is 0 Å². The van der Waals surface area contributed by atoms with E-state index in [1.165, 1.54) is 12.8 Å². The van der Waals surface area contributed by atoms with E-state index >= 15 is 0 Å². The SMILES string of the molecule is CCn1c(C)ccc(C(=O)N[C@H]2COC[C@@H]2N2CCCC2)c1=O. The average molecular weight is 319 g/mol. The number of aromatic nitrogens is 1. The molecule has 0 spiro atoms. The van der Waals surface area contributed by atoms with E-state index in [1.54, 1.807) is 10.6 Å². The van der Waals surface area contributed by atoms with Gasteiger partial charge in [0, 0.05) is 12.2 Å². The van der Waals surface area contributed by atoms with Crippen molar-refractivity contribution < 1.29 is 9.53 Å². The van der Waals surface area contributed by atoms with Crippen molar-refractivity contribution in [3.8, 4) is 0 Å². The summed E-state index contributed by atoms with van der Waals surface area (Å²) >= 11 is 0. The van der Waals surface area contributed by atoms with E-state index in [2.05, 4.69) is 10.2 Å². The van der Waals surface area contributed by atoms with E-state index in [-0.39, 0.29) is 29.1 Å². The highest BCUT2D eigenvalue weighted by atomic mass is 16.5. The molecule has 6 heteroatoms. The topological polar surface area (TPSA) is 63.6 Å². The number of likely N-dealkylation sites (tertiary alicyclic amines) is 1. The van der Waals surface area contributed by atoms with Crippen LogP contribution in [0.3, 0.4) is 0 Å². The number of rotatable bonds is 4. The number of amides is 1. The van der Waals surface area contributed by atoms with Crippen molar-refractivity contribution in [1.82, 2.24) is 14.8 Å². The fraction of sp³-hybridized carbons (Fsp3) is 0.647. The van der Waals surface area contributed by atoms with Gasteiger partial charge in [-0.1, -0.05) is 0 Å². The number of nitrogens with zero attached hydrogens (tertiary/aromatic N) is 2. The van der Waals surface area contributed by atoms with Gasteiger partial charge in [-0.15, -0.1) is 0 Å². The molecule has 3 rings (SSSR count). The quantitative estimate of drug-likeness (QED) is 0.890. The molecule has 2 fully saturated rings. The third-order valence-corrected chi connectivity index (χ3v) is 4.93. The van der Waals surface area contributed by atoms with Crippen molar-refractivity contribution >= 4 is 5.91 Å². The Kier molecular flexibility index (Phi) is 4.82. The fourth-order valence-corrected chi connectivity index (χ4v) is 3.60. The molecule has 0 bridgehead atoms. The van der Waals surface area contributed by atoms with Crippen molar-refractivity contribution in [2.45, 2.75) is 45.3 Å². The zero-order valence-corrected chi connectivity index (χ0v) is 13.9. The van der Waals surface area contributed by atoms with Gasteiger partial charge in [-0.05, 0) is 51.9 Å². The number of aryl methyl sites for hydroxylation is 1. The fourth-order valence-electron chi connectivity index (χ4n) is 3.60. The number of ether oxygens (including phenoxy) is 1. The molecule has 0 saturated carbocycles. The molecule has 0 aromatic carbocycles. The minimum atomic E-state index is -0.295. The largest absolute Gasteiger partial charge is 0.378 e. The molecule has 2 saturated heterocycles. The number of nitrogens with one attached hydrogen (secondary N) is 1. The third-order valence-electron chi connectivity index (χ3n) is 4.93. The molecule has 126 valence electrons. The van der Waals surface area contributed by atoms with Gasteiger partial charge in [0.25, 0.3) is 11.5 Å². The second-order valence-corrected chi connectivity index (χ2v) is 6.37. The zero-order chi connectivity index (χ0) is 16.4. The standard InChI is InChI=1S/C17H25N3O3/c1-3-20-12(2)6-7-13(17(20)22)16(21)18-14-10-23-11-15(14)19-8-4-5-9-19/h6-7,14-15H,3-5,8-11H2,1-2H3,(H,18,21)/t14-,15-/m0/s1. The predicted octanol–water partition coefficient (Wildman–Crippen LogP) is 0.770. The Morgan fingerprint density at radius 1 is 1.30 bits per heavy atom. The van der Waals surface area contributed by atoms with E-state index < -0.39 is 0 Å². The molecule has 23 heavy (non-hydrogen) atoms. The molecule has 3 heterocycles. The van der Waals surface area contributed by atoms with Crippen LogP contribution in [0.1, 0.15) is 35.8 Å². The molecule has 2 aliphatic heterocycles. The highest BCUT2D eigenvalue weighted by Gasteiger charge is 2.35. The van der Waals surface area contributed by atoms with Gasteiger partial charge in [-0.25, -0.2) is 0 Å². The Hall–Kier alpha value is -1.66. The third kappa shape index (κ3) is 3.19. The van der Waals surface area contributed by atoms with Gasteiger partial charge in [0.2, 0.25) is 0 Å². The lowest BCUT2D eigenvalue weighted by atomic mass is 10.1. The predicted molar refractivity (Wildman–Crippen MR) is 87.8 cm³/mol. The van der Waals surface area contributed by atoms with E-state index in [0.717, 1.165) is 18.8 Å². The molecular formula is C17H25N3O3. The number of pyridine rings is 1. The summed E-state index contributed by atoms with van der Waals surface area (Å²) in [7, 11) is 0. The summed E-state index contributed by atoms with van der Waals surface area (Å²) in [5.74, 6) is -0.295. The van der Waals surface area contributed by atoms with Gasteiger partial charge >= 0.3 is 0 Å². The summed E-state index contributed by atoms with van der Waals surface area (Å²) in [5.41, 5.74) is 0.861. The van der Waals surface area contributed by atoms with E-state index in [9.17, 15) is 9.59 Å². The first-order valence-electron chi connectivity index (χ1n) is 8.45. The van der Waals surface area contributed by atoms with Crippen LogP contribution < -0.4 is 10.9 Å². The lowest BCUT2D eigenvalue weighted by molar-refractivity contribution is 0.0914. The second-order valence-electron chi connectivity index (χ2n) is 6.37. The Labute approximate surface area is 136 Å². The number of hydrogen-bond donors (Lipinski definition) is 1. The maximum atomic E-state index is 12.6. The van der Waals surface area contributed by atoms with Gasteiger partial charge in [-0.3, -0.25) is 14.5 Å². The summed E-state index contributed by atoms with van der Waals surface area (Å²) in [6.45, 7) is 7.64. The first-order chi connectivity index (χ1) is 11.1. The van der Waals surface area contributed by atoms with Gasteiger partial charge < -0.3 is 14.6 Å². The summed E-state index contributed by atoms with van der Waals surface area (Å²) in [6.07, 6.45) is 2.41. The van der Waals surface area contributed by atoms with Crippen LogP contribution in [0.2, 0.25) is 0 Å². The molecule has 2 aliphatic rings. The van der Waals surface area contributed by atoms with Crippen molar-refractivity contribution in [3.63, 3.8) is 0 Å².